The Labute approximate surface area is 114 Å². The summed E-state index contributed by atoms with van der Waals surface area (Å²) in [7, 11) is 0. The number of hydrogen-bond donors (Lipinski definition) is 2. The Balaban J connectivity index is 2.37. The van der Waals surface area contributed by atoms with E-state index in [0.717, 1.165) is 25.0 Å². The summed E-state index contributed by atoms with van der Waals surface area (Å²) in [5.41, 5.74) is 2.40. The molecular formula is C15H24O2S. The normalized spacial score (nSPS) is 14.4. The van der Waals surface area contributed by atoms with Gasteiger partial charge in [-0.1, -0.05) is 19.9 Å². The van der Waals surface area contributed by atoms with Gasteiger partial charge in [-0.05, 0) is 55.2 Å². The molecule has 2 unspecified atom stereocenters. The molecule has 0 aliphatic carbocycles. The topological polar surface area (TPSA) is 40.5 Å². The highest BCUT2D eigenvalue weighted by Gasteiger charge is 2.08. The van der Waals surface area contributed by atoms with E-state index in [1.165, 1.54) is 11.1 Å². The number of aliphatic hydroxyl groups is 1. The first-order valence-corrected chi connectivity index (χ1v) is 7.69. The molecule has 2 nitrogen and oxygen atoms in total. The number of benzene rings is 1. The van der Waals surface area contributed by atoms with Gasteiger partial charge in [-0.2, -0.15) is 11.8 Å². The Morgan fingerprint density at radius 2 is 1.83 bits per heavy atom. The van der Waals surface area contributed by atoms with E-state index in [-0.39, 0.29) is 6.10 Å². The molecule has 0 heterocycles. The van der Waals surface area contributed by atoms with Crippen molar-refractivity contribution in [3.63, 3.8) is 0 Å². The smallest absolute Gasteiger partial charge is 0.116 e. The number of aromatic hydroxyl groups is 1. The third kappa shape index (κ3) is 5.32. The van der Waals surface area contributed by atoms with E-state index in [9.17, 15) is 10.2 Å². The molecule has 0 aliphatic rings. The molecule has 0 saturated carbocycles. The number of phenolic OH excluding ortho intramolecular Hbond substituents is 1. The summed E-state index contributed by atoms with van der Waals surface area (Å²) in [6.45, 7) is 5.98. The van der Waals surface area contributed by atoms with Crippen LogP contribution in [0.2, 0.25) is 0 Å². The summed E-state index contributed by atoms with van der Waals surface area (Å²) in [6.07, 6.45) is 2.77. The van der Waals surface area contributed by atoms with Gasteiger partial charge in [0.05, 0.1) is 6.10 Å². The van der Waals surface area contributed by atoms with Crippen molar-refractivity contribution in [1.29, 1.82) is 0 Å². The van der Waals surface area contributed by atoms with Crippen molar-refractivity contribution in [1.82, 2.24) is 0 Å². The van der Waals surface area contributed by atoms with Gasteiger partial charge in [-0.15, -0.1) is 0 Å². The Kier molecular flexibility index (Phi) is 6.58. The second-order valence-corrected chi connectivity index (χ2v) is 6.27. The largest absolute Gasteiger partial charge is 0.508 e. The van der Waals surface area contributed by atoms with Crippen LogP contribution < -0.4 is 0 Å². The van der Waals surface area contributed by atoms with E-state index in [1.807, 2.05) is 19.1 Å². The minimum atomic E-state index is -0.248. The second kappa shape index (κ2) is 7.70. The molecule has 0 spiro atoms. The van der Waals surface area contributed by atoms with Crippen LogP contribution in [0, 0.1) is 0 Å². The zero-order chi connectivity index (χ0) is 13.5. The third-order valence-corrected chi connectivity index (χ3v) is 4.56. The zero-order valence-corrected chi connectivity index (χ0v) is 12.3. The van der Waals surface area contributed by atoms with Crippen LogP contribution in [0.4, 0.5) is 0 Å². The zero-order valence-electron chi connectivity index (χ0n) is 11.5. The van der Waals surface area contributed by atoms with Crippen LogP contribution in [-0.2, 0) is 12.8 Å². The van der Waals surface area contributed by atoms with Gasteiger partial charge in [0, 0.05) is 5.25 Å². The monoisotopic (exact) mass is 268 g/mol. The highest BCUT2D eigenvalue weighted by molar-refractivity contribution is 7.99. The first-order chi connectivity index (χ1) is 8.52. The van der Waals surface area contributed by atoms with E-state index >= 15 is 0 Å². The maximum absolute atomic E-state index is 9.60. The Morgan fingerprint density at radius 3 is 2.44 bits per heavy atom. The second-order valence-electron chi connectivity index (χ2n) is 4.78. The van der Waals surface area contributed by atoms with Crippen LogP contribution in [0.5, 0.6) is 5.75 Å². The number of aliphatic hydroxyl groups excluding tert-OH is 1. The number of rotatable bonds is 7. The molecule has 18 heavy (non-hydrogen) atoms. The lowest BCUT2D eigenvalue weighted by molar-refractivity contribution is 0.196. The van der Waals surface area contributed by atoms with Crippen LogP contribution in [0.25, 0.3) is 0 Å². The van der Waals surface area contributed by atoms with E-state index in [2.05, 4.69) is 19.9 Å². The molecular weight excluding hydrogens is 244 g/mol. The van der Waals surface area contributed by atoms with Crippen molar-refractivity contribution in [2.24, 2.45) is 0 Å². The first kappa shape index (κ1) is 15.4. The maximum atomic E-state index is 9.60. The number of aryl methyl sites for hydroxylation is 2. The lowest BCUT2D eigenvalue weighted by Gasteiger charge is -2.13. The van der Waals surface area contributed by atoms with E-state index in [4.69, 9.17) is 0 Å². The summed E-state index contributed by atoms with van der Waals surface area (Å²) in [5.74, 6) is 1.41. The molecule has 1 aromatic carbocycles. The number of hydrogen-bond acceptors (Lipinski definition) is 3. The minimum absolute atomic E-state index is 0.248. The van der Waals surface area contributed by atoms with Crippen LogP contribution in [0.15, 0.2) is 18.2 Å². The molecule has 0 aliphatic heterocycles. The molecule has 1 aromatic rings. The van der Waals surface area contributed by atoms with Crippen LogP contribution >= 0.6 is 11.8 Å². The summed E-state index contributed by atoms with van der Waals surface area (Å²) in [4.78, 5) is 0. The lowest BCUT2D eigenvalue weighted by Crippen LogP contribution is -2.15. The van der Waals surface area contributed by atoms with E-state index in [1.54, 1.807) is 11.8 Å². The molecule has 0 radical (unpaired) electrons. The van der Waals surface area contributed by atoms with Gasteiger partial charge in [0.25, 0.3) is 0 Å². The van der Waals surface area contributed by atoms with Gasteiger partial charge in [-0.25, -0.2) is 0 Å². The predicted octanol–water partition coefficient (Wildman–Crippen LogP) is 3.39. The fraction of sp³-hybridized carbons (Fsp3) is 0.600. The van der Waals surface area contributed by atoms with Crippen molar-refractivity contribution in [3.8, 4) is 5.75 Å². The SMILES string of the molecule is CCc1cc(O)cc(CCCSC(C)C(C)O)c1. The molecule has 102 valence electrons. The fourth-order valence-corrected chi connectivity index (χ4v) is 2.74. The average Bonchev–Trinajstić information content (AvgIpc) is 2.33. The number of thioether (sulfide) groups is 1. The first-order valence-electron chi connectivity index (χ1n) is 6.64. The van der Waals surface area contributed by atoms with Gasteiger partial charge >= 0.3 is 0 Å². The molecule has 0 bridgehead atoms. The van der Waals surface area contributed by atoms with Crippen molar-refractivity contribution in [3.05, 3.63) is 29.3 Å². The lowest BCUT2D eigenvalue weighted by atomic mass is 10.0. The van der Waals surface area contributed by atoms with Crippen molar-refractivity contribution < 1.29 is 10.2 Å². The highest BCUT2D eigenvalue weighted by atomic mass is 32.2. The quantitative estimate of drug-likeness (QED) is 0.745. The molecule has 2 N–H and O–H groups in total. The third-order valence-electron chi connectivity index (χ3n) is 3.12. The summed E-state index contributed by atoms with van der Waals surface area (Å²) in [6, 6.07) is 5.85. The summed E-state index contributed by atoms with van der Waals surface area (Å²) < 4.78 is 0. The summed E-state index contributed by atoms with van der Waals surface area (Å²) in [5, 5.41) is 19.3. The Morgan fingerprint density at radius 1 is 1.17 bits per heavy atom. The highest BCUT2D eigenvalue weighted by Crippen LogP contribution is 2.20. The molecule has 0 aromatic heterocycles. The Bertz CT molecular complexity index is 364. The standard InChI is InChI=1S/C15H24O2S/c1-4-13-8-14(10-15(17)9-13)6-5-7-18-12(3)11(2)16/h8-12,16-17H,4-7H2,1-3H3. The van der Waals surface area contributed by atoms with Crippen LogP contribution in [0.3, 0.4) is 0 Å². The van der Waals surface area contributed by atoms with Crippen molar-refractivity contribution in [2.75, 3.05) is 5.75 Å². The van der Waals surface area contributed by atoms with Gasteiger partial charge in [0.15, 0.2) is 0 Å². The predicted molar refractivity (Wildman–Crippen MR) is 79.4 cm³/mol. The maximum Gasteiger partial charge on any atom is 0.116 e. The molecule has 2 atom stereocenters. The van der Waals surface area contributed by atoms with Gasteiger partial charge in [0.2, 0.25) is 0 Å². The fourth-order valence-electron chi connectivity index (χ4n) is 1.78. The molecule has 0 amide bonds. The molecule has 0 saturated heterocycles. The van der Waals surface area contributed by atoms with Gasteiger partial charge in [-0.3, -0.25) is 0 Å². The summed E-state index contributed by atoms with van der Waals surface area (Å²) >= 11 is 1.81. The molecule has 1 rings (SSSR count). The Hall–Kier alpha value is -0.670. The van der Waals surface area contributed by atoms with E-state index < -0.39 is 0 Å². The minimum Gasteiger partial charge on any atom is -0.508 e. The van der Waals surface area contributed by atoms with Crippen molar-refractivity contribution >= 4 is 11.8 Å². The molecule has 0 fully saturated rings. The van der Waals surface area contributed by atoms with Crippen LogP contribution in [-0.4, -0.2) is 27.3 Å². The van der Waals surface area contributed by atoms with E-state index in [0.29, 0.717) is 11.0 Å². The number of phenols is 1. The van der Waals surface area contributed by atoms with Crippen LogP contribution in [0.1, 0.15) is 38.3 Å². The average molecular weight is 268 g/mol. The molecule has 3 heteroatoms. The van der Waals surface area contributed by atoms with Gasteiger partial charge < -0.3 is 10.2 Å². The van der Waals surface area contributed by atoms with Gasteiger partial charge in [0.1, 0.15) is 5.75 Å². The van der Waals surface area contributed by atoms with Crippen molar-refractivity contribution in [2.45, 2.75) is 51.4 Å².